The Hall–Kier alpha value is -1.71. The minimum Gasteiger partial charge on any atom is -0.269 e. The SMILES string of the molecule is O=C1CC/[N+](=C/c2ccc(F)cc2)N1. The predicted octanol–water partition coefficient (Wildman–Crippen LogP) is 0.692. The van der Waals surface area contributed by atoms with Gasteiger partial charge in [-0.25, -0.2) is 4.39 Å². The summed E-state index contributed by atoms with van der Waals surface area (Å²) in [6, 6.07) is 6.12. The second kappa shape index (κ2) is 3.57. The summed E-state index contributed by atoms with van der Waals surface area (Å²) in [6.45, 7) is 0.663. The fraction of sp³-hybridized carbons (Fsp3) is 0.200. The summed E-state index contributed by atoms with van der Waals surface area (Å²) in [5.41, 5.74) is 3.53. The lowest BCUT2D eigenvalue weighted by atomic mass is 10.2. The number of nitrogens with zero attached hydrogens (tertiary/aromatic N) is 1. The van der Waals surface area contributed by atoms with Crippen molar-refractivity contribution in [2.24, 2.45) is 0 Å². The number of amides is 1. The summed E-state index contributed by atoms with van der Waals surface area (Å²) in [5.74, 6) is -0.240. The average Bonchev–Trinajstić information content (AvgIpc) is 2.56. The maximum Gasteiger partial charge on any atom is 0.280 e. The lowest BCUT2D eigenvalue weighted by molar-refractivity contribution is -0.553. The van der Waals surface area contributed by atoms with Crippen LogP contribution in [0.5, 0.6) is 0 Å². The van der Waals surface area contributed by atoms with Gasteiger partial charge in [-0.3, -0.25) is 4.79 Å². The van der Waals surface area contributed by atoms with E-state index in [1.807, 2.05) is 0 Å². The Labute approximate surface area is 80.8 Å². The normalized spacial score (nSPS) is 18.6. The van der Waals surface area contributed by atoms with Crippen molar-refractivity contribution in [3.63, 3.8) is 0 Å². The number of rotatable bonds is 1. The summed E-state index contributed by atoms with van der Waals surface area (Å²) in [4.78, 5) is 10.9. The number of hydrogen-bond acceptors (Lipinski definition) is 1. The first-order chi connectivity index (χ1) is 6.74. The highest BCUT2D eigenvalue weighted by Gasteiger charge is 2.20. The predicted molar refractivity (Wildman–Crippen MR) is 49.5 cm³/mol. The molecular formula is C10H10FN2O+. The van der Waals surface area contributed by atoms with Crippen LogP contribution < -0.4 is 5.43 Å². The molecule has 0 atom stereocenters. The van der Waals surface area contributed by atoms with Crippen molar-refractivity contribution in [3.05, 3.63) is 35.6 Å². The number of carbonyl (C=O) groups is 1. The van der Waals surface area contributed by atoms with Gasteiger partial charge in [-0.2, -0.15) is 0 Å². The molecule has 1 heterocycles. The van der Waals surface area contributed by atoms with Crippen molar-refractivity contribution in [3.8, 4) is 0 Å². The Kier molecular flexibility index (Phi) is 2.26. The molecule has 0 unspecified atom stereocenters. The van der Waals surface area contributed by atoms with E-state index in [1.165, 1.54) is 12.1 Å². The molecule has 4 heteroatoms. The molecule has 0 radical (unpaired) electrons. The second-order valence-corrected chi connectivity index (χ2v) is 3.16. The van der Waals surface area contributed by atoms with E-state index < -0.39 is 0 Å². The number of hydrazine groups is 1. The fourth-order valence-electron chi connectivity index (χ4n) is 1.32. The van der Waals surface area contributed by atoms with E-state index >= 15 is 0 Å². The van der Waals surface area contributed by atoms with Crippen molar-refractivity contribution in [1.82, 2.24) is 5.43 Å². The molecule has 1 N–H and O–H groups in total. The van der Waals surface area contributed by atoms with Crippen LogP contribution in [-0.4, -0.2) is 23.4 Å². The molecular weight excluding hydrogens is 183 g/mol. The molecule has 1 aromatic carbocycles. The number of halogens is 1. The van der Waals surface area contributed by atoms with Gasteiger partial charge in [-0.1, -0.05) is 0 Å². The van der Waals surface area contributed by atoms with Crippen molar-refractivity contribution in [2.75, 3.05) is 6.54 Å². The highest BCUT2D eigenvalue weighted by Crippen LogP contribution is 2.00. The maximum absolute atomic E-state index is 12.6. The van der Waals surface area contributed by atoms with E-state index in [-0.39, 0.29) is 11.7 Å². The standard InChI is InChI=1S/C10H9FN2O/c11-9-3-1-8(2-4-9)7-13-6-5-10(14)12-13/h1-4,7H,5-6H2/p+1/b13-7-. The second-order valence-electron chi connectivity index (χ2n) is 3.16. The van der Waals surface area contributed by atoms with E-state index in [0.29, 0.717) is 13.0 Å². The molecule has 3 nitrogen and oxygen atoms in total. The molecule has 0 saturated carbocycles. The van der Waals surface area contributed by atoms with Gasteiger partial charge in [0.05, 0.1) is 6.42 Å². The number of hydrazone groups is 1. The first-order valence-electron chi connectivity index (χ1n) is 4.40. The van der Waals surface area contributed by atoms with Crippen LogP contribution in [0, 0.1) is 5.82 Å². The van der Waals surface area contributed by atoms with E-state index in [1.54, 1.807) is 23.0 Å². The van der Waals surface area contributed by atoms with Crippen LogP contribution in [0.2, 0.25) is 0 Å². The third-order valence-electron chi connectivity index (χ3n) is 2.02. The van der Waals surface area contributed by atoms with Crippen LogP contribution in [0.4, 0.5) is 4.39 Å². The third-order valence-corrected chi connectivity index (χ3v) is 2.02. The van der Waals surface area contributed by atoms with Gasteiger partial charge in [0.2, 0.25) is 6.21 Å². The van der Waals surface area contributed by atoms with E-state index in [2.05, 4.69) is 5.43 Å². The zero-order chi connectivity index (χ0) is 9.97. The molecule has 2 rings (SSSR count). The lowest BCUT2D eigenvalue weighted by Gasteiger charge is -1.92. The van der Waals surface area contributed by atoms with Gasteiger partial charge >= 0.3 is 0 Å². The molecule has 1 fully saturated rings. The van der Waals surface area contributed by atoms with Crippen LogP contribution in [0.3, 0.4) is 0 Å². The summed E-state index contributed by atoms with van der Waals surface area (Å²) in [5, 5.41) is 0. The Morgan fingerprint density at radius 2 is 2.07 bits per heavy atom. The highest BCUT2D eigenvalue weighted by molar-refractivity contribution is 5.79. The zero-order valence-electron chi connectivity index (χ0n) is 7.53. The topological polar surface area (TPSA) is 32.1 Å². The van der Waals surface area contributed by atoms with E-state index in [9.17, 15) is 9.18 Å². The summed E-state index contributed by atoms with van der Waals surface area (Å²) in [6.07, 6.45) is 2.29. The molecule has 1 amide bonds. The first kappa shape index (κ1) is 8.87. The van der Waals surface area contributed by atoms with Gasteiger partial charge < -0.3 is 0 Å². The Balaban J connectivity index is 2.17. The summed E-state index contributed by atoms with van der Waals surface area (Å²) in [7, 11) is 0. The molecule has 14 heavy (non-hydrogen) atoms. The third kappa shape index (κ3) is 1.96. The molecule has 0 spiro atoms. The maximum atomic E-state index is 12.6. The van der Waals surface area contributed by atoms with Crippen molar-refractivity contribution < 1.29 is 13.9 Å². The van der Waals surface area contributed by atoms with Crippen LogP contribution in [0.25, 0.3) is 0 Å². The number of benzene rings is 1. The molecule has 72 valence electrons. The average molecular weight is 193 g/mol. The quantitative estimate of drug-likeness (QED) is 0.654. The number of carbonyl (C=O) groups excluding carboxylic acids is 1. The smallest absolute Gasteiger partial charge is 0.269 e. The largest absolute Gasteiger partial charge is 0.280 e. The van der Waals surface area contributed by atoms with Gasteiger partial charge in [0, 0.05) is 5.56 Å². The molecule has 0 bridgehead atoms. The van der Waals surface area contributed by atoms with Gasteiger partial charge in [-0.15, -0.1) is 10.1 Å². The number of hydrogen-bond donors (Lipinski definition) is 1. The Morgan fingerprint density at radius 3 is 2.64 bits per heavy atom. The van der Waals surface area contributed by atoms with Crippen LogP contribution in [-0.2, 0) is 4.79 Å². The van der Waals surface area contributed by atoms with Gasteiger partial charge in [0.15, 0.2) is 6.54 Å². The van der Waals surface area contributed by atoms with Crippen molar-refractivity contribution in [2.45, 2.75) is 6.42 Å². The molecule has 0 aliphatic carbocycles. The molecule has 1 aromatic rings. The van der Waals surface area contributed by atoms with Crippen LogP contribution in [0.15, 0.2) is 24.3 Å². The van der Waals surface area contributed by atoms with E-state index in [4.69, 9.17) is 0 Å². The van der Waals surface area contributed by atoms with Gasteiger partial charge in [0.25, 0.3) is 5.91 Å². The zero-order valence-corrected chi connectivity index (χ0v) is 7.53. The monoisotopic (exact) mass is 193 g/mol. The minimum atomic E-state index is -0.257. The fourth-order valence-corrected chi connectivity index (χ4v) is 1.32. The summed E-state index contributed by atoms with van der Waals surface area (Å²) >= 11 is 0. The Bertz CT molecular complexity index is 384. The summed E-state index contributed by atoms with van der Waals surface area (Å²) < 4.78 is 14.3. The molecule has 1 aliphatic heterocycles. The minimum absolute atomic E-state index is 0.0170. The van der Waals surface area contributed by atoms with Gasteiger partial charge in [-0.05, 0) is 24.3 Å². The van der Waals surface area contributed by atoms with Crippen LogP contribution >= 0.6 is 0 Å². The number of nitrogens with one attached hydrogen (secondary N) is 1. The van der Waals surface area contributed by atoms with E-state index in [0.717, 1.165) is 5.56 Å². The lowest BCUT2D eigenvalue weighted by Crippen LogP contribution is -2.25. The molecule has 1 saturated heterocycles. The van der Waals surface area contributed by atoms with Crippen molar-refractivity contribution in [1.29, 1.82) is 0 Å². The Morgan fingerprint density at radius 1 is 1.36 bits per heavy atom. The highest BCUT2D eigenvalue weighted by atomic mass is 19.1. The van der Waals surface area contributed by atoms with Gasteiger partial charge in [0.1, 0.15) is 5.82 Å². The molecule has 0 aromatic heterocycles. The van der Waals surface area contributed by atoms with Crippen LogP contribution in [0.1, 0.15) is 12.0 Å². The molecule has 1 aliphatic rings. The van der Waals surface area contributed by atoms with Crippen molar-refractivity contribution >= 4 is 12.1 Å². The first-order valence-corrected chi connectivity index (χ1v) is 4.40.